The number of nitrogens with zero attached hydrogens (tertiary/aromatic N) is 2. The van der Waals surface area contributed by atoms with Crippen LogP contribution in [0.5, 0.6) is 5.75 Å². The van der Waals surface area contributed by atoms with Gasteiger partial charge in [-0.3, -0.25) is 0 Å². The van der Waals surface area contributed by atoms with E-state index in [1.165, 1.54) is 0 Å². The zero-order valence-electron chi connectivity index (χ0n) is 10.4. The summed E-state index contributed by atoms with van der Waals surface area (Å²) in [5, 5.41) is 0. The standard InChI is InChI=1S/C13H17BrN2O2/c1-15-7-4-8-16(10-9-15)13(17)18-12-6-3-2-5-11(12)14/h2-3,5-6H,4,7-10H2,1H3. The van der Waals surface area contributed by atoms with Crippen LogP contribution in [0.15, 0.2) is 28.7 Å². The zero-order chi connectivity index (χ0) is 13.0. The monoisotopic (exact) mass is 312 g/mol. The zero-order valence-corrected chi connectivity index (χ0v) is 12.0. The molecule has 0 bridgehead atoms. The topological polar surface area (TPSA) is 32.8 Å². The summed E-state index contributed by atoms with van der Waals surface area (Å²) in [5.74, 6) is 0.570. The second-order valence-electron chi connectivity index (χ2n) is 4.44. The lowest BCUT2D eigenvalue weighted by atomic mass is 10.3. The largest absolute Gasteiger partial charge is 0.415 e. The van der Waals surface area contributed by atoms with Crippen molar-refractivity contribution in [3.8, 4) is 5.75 Å². The Hall–Kier alpha value is -1.07. The van der Waals surface area contributed by atoms with Crippen LogP contribution in [0.4, 0.5) is 4.79 Å². The summed E-state index contributed by atoms with van der Waals surface area (Å²) in [6.45, 7) is 3.40. The normalized spacial score (nSPS) is 17.3. The first-order valence-corrected chi connectivity index (χ1v) is 6.86. The van der Waals surface area contributed by atoms with Crippen molar-refractivity contribution in [1.29, 1.82) is 0 Å². The van der Waals surface area contributed by atoms with E-state index in [1.54, 1.807) is 11.0 Å². The van der Waals surface area contributed by atoms with Crippen LogP contribution in [0.3, 0.4) is 0 Å². The highest BCUT2D eigenvalue weighted by Gasteiger charge is 2.19. The number of carbonyl (C=O) groups excluding carboxylic acids is 1. The molecule has 2 rings (SSSR count). The number of hydrogen-bond acceptors (Lipinski definition) is 3. The molecule has 98 valence electrons. The Morgan fingerprint density at radius 3 is 2.78 bits per heavy atom. The Labute approximate surface area is 116 Å². The minimum atomic E-state index is -0.266. The third kappa shape index (κ3) is 3.46. The van der Waals surface area contributed by atoms with E-state index in [-0.39, 0.29) is 6.09 Å². The summed E-state index contributed by atoms with van der Waals surface area (Å²) in [4.78, 5) is 16.0. The first-order chi connectivity index (χ1) is 8.66. The Bertz CT molecular complexity index is 425. The maximum absolute atomic E-state index is 12.0. The fourth-order valence-corrected chi connectivity index (χ4v) is 2.28. The van der Waals surface area contributed by atoms with E-state index in [1.807, 2.05) is 18.2 Å². The summed E-state index contributed by atoms with van der Waals surface area (Å²) in [5.41, 5.74) is 0. The lowest BCUT2D eigenvalue weighted by Crippen LogP contribution is -2.36. The molecule has 1 aliphatic heterocycles. The molecule has 0 N–H and O–H groups in total. The SMILES string of the molecule is CN1CCCN(C(=O)Oc2ccccc2Br)CC1. The molecule has 1 aromatic carbocycles. The van der Waals surface area contributed by atoms with Gasteiger partial charge in [-0.05, 0) is 48.1 Å². The molecule has 0 atom stereocenters. The molecule has 0 aromatic heterocycles. The van der Waals surface area contributed by atoms with E-state index in [4.69, 9.17) is 4.74 Å². The third-order valence-corrected chi connectivity index (χ3v) is 3.67. The van der Waals surface area contributed by atoms with Gasteiger partial charge in [0, 0.05) is 19.6 Å². The summed E-state index contributed by atoms with van der Waals surface area (Å²) in [6.07, 6.45) is 0.721. The Balaban J connectivity index is 1.97. The van der Waals surface area contributed by atoms with Crippen LogP contribution in [0, 0.1) is 0 Å². The van der Waals surface area contributed by atoms with E-state index in [0.717, 1.165) is 37.1 Å². The van der Waals surface area contributed by atoms with Crippen LogP contribution in [0.2, 0.25) is 0 Å². The minimum Gasteiger partial charge on any atom is -0.409 e. The van der Waals surface area contributed by atoms with Crippen LogP contribution in [-0.4, -0.2) is 49.1 Å². The van der Waals surface area contributed by atoms with Crippen LogP contribution >= 0.6 is 15.9 Å². The van der Waals surface area contributed by atoms with Gasteiger partial charge in [0.25, 0.3) is 0 Å². The molecular formula is C13H17BrN2O2. The second kappa shape index (κ2) is 6.20. The number of rotatable bonds is 1. The van der Waals surface area contributed by atoms with Gasteiger partial charge in [-0.25, -0.2) is 4.79 Å². The van der Waals surface area contributed by atoms with Crippen molar-refractivity contribution in [3.63, 3.8) is 0 Å². The van der Waals surface area contributed by atoms with Crippen LogP contribution in [0.1, 0.15) is 6.42 Å². The van der Waals surface area contributed by atoms with Gasteiger partial charge in [-0.1, -0.05) is 12.1 Å². The number of hydrogen-bond donors (Lipinski definition) is 0. The molecule has 0 unspecified atom stereocenters. The molecular weight excluding hydrogens is 296 g/mol. The lowest BCUT2D eigenvalue weighted by Gasteiger charge is -2.20. The minimum absolute atomic E-state index is 0.266. The maximum Gasteiger partial charge on any atom is 0.415 e. The number of para-hydroxylation sites is 1. The van der Waals surface area contributed by atoms with Crippen molar-refractivity contribution in [2.45, 2.75) is 6.42 Å². The molecule has 4 nitrogen and oxygen atoms in total. The van der Waals surface area contributed by atoms with E-state index in [0.29, 0.717) is 5.75 Å². The Kier molecular flexibility index (Phi) is 4.60. The van der Waals surface area contributed by atoms with Crippen molar-refractivity contribution in [1.82, 2.24) is 9.80 Å². The molecule has 0 spiro atoms. The molecule has 1 saturated heterocycles. The molecule has 18 heavy (non-hydrogen) atoms. The van der Waals surface area contributed by atoms with Crippen LogP contribution in [0.25, 0.3) is 0 Å². The summed E-state index contributed by atoms with van der Waals surface area (Å²) in [6, 6.07) is 7.39. The van der Waals surface area contributed by atoms with Gasteiger partial charge in [0.1, 0.15) is 5.75 Å². The van der Waals surface area contributed by atoms with E-state index in [2.05, 4.69) is 27.9 Å². The molecule has 1 aromatic rings. The lowest BCUT2D eigenvalue weighted by molar-refractivity contribution is 0.153. The van der Waals surface area contributed by atoms with Crippen LogP contribution < -0.4 is 4.74 Å². The highest BCUT2D eigenvalue weighted by molar-refractivity contribution is 9.10. The molecule has 1 heterocycles. The number of halogens is 1. The van der Waals surface area contributed by atoms with Gasteiger partial charge < -0.3 is 14.5 Å². The number of carbonyl (C=O) groups is 1. The number of amides is 1. The van der Waals surface area contributed by atoms with Crippen molar-refractivity contribution in [3.05, 3.63) is 28.7 Å². The van der Waals surface area contributed by atoms with Crippen molar-refractivity contribution < 1.29 is 9.53 Å². The summed E-state index contributed by atoms with van der Waals surface area (Å²) < 4.78 is 6.19. The van der Waals surface area contributed by atoms with Gasteiger partial charge >= 0.3 is 6.09 Å². The highest BCUT2D eigenvalue weighted by Crippen LogP contribution is 2.24. The molecule has 0 radical (unpaired) electrons. The molecule has 1 amide bonds. The van der Waals surface area contributed by atoms with Gasteiger partial charge in [0.15, 0.2) is 0 Å². The fourth-order valence-electron chi connectivity index (χ4n) is 1.92. The molecule has 1 aliphatic rings. The number of benzene rings is 1. The number of ether oxygens (including phenoxy) is 1. The second-order valence-corrected chi connectivity index (χ2v) is 5.30. The van der Waals surface area contributed by atoms with Crippen molar-refractivity contribution in [2.75, 3.05) is 33.2 Å². The van der Waals surface area contributed by atoms with E-state index in [9.17, 15) is 4.79 Å². The van der Waals surface area contributed by atoms with Crippen molar-refractivity contribution in [2.24, 2.45) is 0 Å². The van der Waals surface area contributed by atoms with Crippen molar-refractivity contribution >= 4 is 22.0 Å². The van der Waals surface area contributed by atoms with Gasteiger partial charge in [-0.15, -0.1) is 0 Å². The fraction of sp³-hybridized carbons (Fsp3) is 0.462. The Morgan fingerprint density at radius 1 is 1.22 bits per heavy atom. The average molecular weight is 313 g/mol. The van der Waals surface area contributed by atoms with E-state index >= 15 is 0 Å². The predicted octanol–water partition coefficient (Wildman–Crippen LogP) is 2.59. The summed E-state index contributed by atoms with van der Waals surface area (Å²) >= 11 is 3.37. The first kappa shape index (κ1) is 13.4. The molecule has 1 fully saturated rings. The number of likely N-dealkylation sites (N-methyl/N-ethyl adjacent to an activating group) is 1. The third-order valence-electron chi connectivity index (χ3n) is 3.01. The van der Waals surface area contributed by atoms with Gasteiger partial charge in [0.2, 0.25) is 0 Å². The Morgan fingerprint density at radius 2 is 2.00 bits per heavy atom. The van der Waals surface area contributed by atoms with Crippen LogP contribution in [-0.2, 0) is 0 Å². The molecule has 0 aliphatic carbocycles. The average Bonchev–Trinajstić information content (AvgIpc) is 2.57. The van der Waals surface area contributed by atoms with E-state index < -0.39 is 0 Å². The quantitative estimate of drug-likeness (QED) is 0.799. The summed E-state index contributed by atoms with van der Waals surface area (Å²) in [7, 11) is 2.07. The van der Waals surface area contributed by atoms with Gasteiger partial charge in [0.05, 0.1) is 4.47 Å². The first-order valence-electron chi connectivity index (χ1n) is 6.06. The maximum atomic E-state index is 12.0. The van der Waals surface area contributed by atoms with Gasteiger partial charge in [-0.2, -0.15) is 0 Å². The molecule has 5 heteroatoms. The molecule has 0 saturated carbocycles. The smallest absolute Gasteiger partial charge is 0.409 e. The highest BCUT2D eigenvalue weighted by atomic mass is 79.9. The predicted molar refractivity (Wildman–Crippen MR) is 73.9 cm³/mol.